The van der Waals surface area contributed by atoms with Crippen molar-refractivity contribution in [3.8, 4) is 11.4 Å². The number of nitrogens with zero attached hydrogens (tertiary/aromatic N) is 4. The second-order valence-electron chi connectivity index (χ2n) is 8.30. The van der Waals surface area contributed by atoms with E-state index < -0.39 is 23.1 Å². The van der Waals surface area contributed by atoms with Gasteiger partial charge in [-0.25, -0.2) is 8.78 Å². The Morgan fingerprint density at radius 1 is 0.972 bits per heavy atom. The van der Waals surface area contributed by atoms with Gasteiger partial charge in [-0.1, -0.05) is 60.7 Å². The van der Waals surface area contributed by atoms with E-state index in [1.807, 2.05) is 65.2 Å². The van der Waals surface area contributed by atoms with Crippen molar-refractivity contribution in [3.05, 3.63) is 118 Å². The van der Waals surface area contributed by atoms with Crippen molar-refractivity contribution < 1.29 is 13.6 Å². The lowest BCUT2D eigenvalue weighted by molar-refractivity contribution is -0.115. The smallest absolute Gasteiger partial charge is 0.279 e. The lowest BCUT2D eigenvalue weighted by atomic mass is 10.1. The normalized spacial score (nSPS) is 11.1. The maximum atomic E-state index is 14.0. The molecule has 5 rings (SSSR count). The minimum Gasteiger partial charge on any atom is -0.323 e. The van der Waals surface area contributed by atoms with Gasteiger partial charge in [-0.2, -0.15) is 9.50 Å². The summed E-state index contributed by atoms with van der Waals surface area (Å²) < 4.78 is 30.3. The van der Waals surface area contributed by atoms with Crippen LogP contribution >= 0.6 is 0 Å². The molecule has 0 saturated carbocycles. The van der Waals surface area contributed by atoms with E-state index in [0.717, 1.165) is 23.3 Å². The molecular formula is C27H21F2N5O2. The van der Waals surface area contributed by atoms with Crippen molar-refractivity contribution in [3.63, 3.8) is 0 Å². The van der Waals surface area contributed by atoms with E-state index in [2.05, 4.69) is 15.4 Å². The number of aromatic nitrogens is 4. The fourth-order valence-corrected chi connectivity index (χ4v) is 4.02. The third-order valence-corrected chi connectivity index (χ3v) is 5.88. The molecule has 0 radical (unpaired) electrons. The van der Waals surface area contributed by atoms with Crippen LogP contribution in [0.3, 0.4) is 0 Å². The van der Waals surface area contributed by atoms with Gasteiger partial charge in [0, 0.05) is 22.9 Å². The fraction of sp³-hybridized carbons (Fsp3) is 0.111. The highest BCUT2D eigenvalue weighted by atomic mass is 19.1. The van der Waals surface area contributed by atoms with Gasteiger partial charge in [0.2, 0.25) is 11.7 Å². The Labute approximate surface area is 204 Å². The fourth-order valence-electron chi connectivity index (χ4n) is 4.02. The summed E-state index contributed by atoms with van der Waals surface area (Å²) in [6.45, 7) is 2.13. The molecule has 0 aliphatic heterocycles. The average Bonchev–Trinajstić information content (AvgIpc) is 3.33. The van der Waals surface area contributed by atoms with E-state index in [1.165, 1.54) is 4.52 Å². The van der Waals surface area contributed by atoms with E-state index in [1.54, 1.807) is 6.92 Å². The number of carbonyl (C=O) groups excluding carboxylic acids is 1. The summed E-state index contributed by atoms with van der Waals surface area (Å²) in [5.41, 5.74) is 1.80. The van der Waals surface area contributed by atoms with Crippen LogP contribution in [-0.4, -0.2) is 25.1 Å². The Hall–Kier alpha value is -4.66. The van der Waals surface area contributed by atoms with Crippen LogP contribution in [0, 0.1) is 18.6 Å². The highest BCUT2D eigenvalue weighted by Gasteiger charge is 2.21. The monoisotopic (exact) mass is 485 g/mol. The van der Waals surface area contributed by atoms with E-state index in [0.29, 0.717) is 29.9 Å². The molecule has 36 heavy (non-hydrogen) atoms. The number of halogens is 2. The van der Waals surface area contributed by atoms with Gasteiger partial charge in [0.1, 0.15) is 11.6 Å². The molecule has 0 unspecified atom stereocenters. The maximum Gasteiger partial charge on any atom is 0.279 e. The summed E-state index contributed by atoms with van der Waals surface area (Å²) in [7, 11) is 0. The molecule has 0 bridgehead atoms. The van der Waals surface area contributed by atoms with Gasteiger partial charge in [-0.15, -0.1) is 5.10 Å². The van der Waals surface area contributed by atoms with E-state index >= 15 is 0 Å². The largest absolute Gasteiger partial charge is 0.323 e. The minimum absolute atomic E-state index is 0.170. The summed E-state index contributed by atoms with van der Waals surface area (Å²) in [6, 6.07) is 21.8. The van der Waals surface area contributed by atoms with Crippen molar-refractivity contribution in [2.24, 2.45) is 0 Å². The van der Waals surface area contributed by atoms with E-state index in [9.17, 15) is 18.4 Å². The first-order chi connectivity index (χ1) is 17.4. The van der Waals surface area contributed by atoms with Gasteiger partial charge in [0.25, 0.3) is 5.56 Å². The van der Waals surface area contributed by atoms with Crippen molar-refractivity contribution in [1.82, 2.24) is 19.2 Å². The molecule has 1 N–H and O–H groups in total. The lowest BCUT2D eigenvalue weighted by Crippen LogP contribution is -2.29. The molecule has 0 spiro atoms. The molecule has 1 amide bonds. The third kappa shape index (κ3) is 4.50. The zero-order chi connectivity index (χ0) is 25.2. The molecule has 0 atom stereocenters. The van der Waals surface area contributed by atoms with Gasteiger partial charge >= 0.3 is 0 Å². The number of hydrogen-bond donors (Lipinski definition) is 1. The second kappa shape index (κ2) is 9.53. The minimum atomic E-state index is -0.902. The van der Waals surface area contributed by atoms with E-state index in [4.69, 9.17) is 0 Å². The van der Waals surface area contributed by atoms with Crippen LogP contribution in [-0.2, 0) is 17.8 Å². The Balaban J connectivity index is 1.59. The molecule has 180 valence electrons. The second-order valence-corrected chi connectivity index (χ2v) is 8.30. The predicted molar refractivity (Wildman–Crippen MR) is 132 cm³/mol. The highest BCUT2D eigenvalue weighted by Crippen LogP contribution is 2.19. The van der Waals surface area contributed by atoms with Gasteiger partial charge < -0.3 is 9.88 Å². The molecule has 7 nitrogen and oxygen atoms in total. The molecular weight excluding hydrogens is 464 g/mol. The number of anilines is 1. The topological polar surface area (TPSA) is 81.3 Å². The van der Waals surface area contributed by atoms with Gasteiger partial charge in [0.05, 0.1) is 18.7 Å². The Morgan fingerprint density at radius 3 is 2.36 bits per heavy atom. The highest BCUT2D eigenvalue weighted by molar-refractivity contribution is 5.92. The average molecular weight is 485 g/mol. The lowest BCUT2D eigenvalue weighted by Gasteiger charge is -2.16. The first-order valence-corrected chi connectivity index (χ1v) is 11.2. The first kappa shape index (κ1) is 23.1. The Morgan fingerprint density at radius 2 is 1.67 bits per heavy atom. The van der Waals surface area contributed by atoms with Gasteiger partial charge in [-0.3, -0.25) is 9.59 Å². The van der Waals surface area contributed by atoms with Crippen molar-refractivity contribution in [1.29, 1.82) is 0 Å². The molecule has 0 aliphatic carbocycles. The molecule has 0 aliphatic rings. The number of carbonyl (C=O) groups is 1. The first-order valence-electron chi connectivity index (χ1n) is 11.2. The standard InChI is InChI=1S/C27H21F2N5O2/c1-17-21(15-24(35)30-23-13-12-20(28)14-22(23)29)26(36)34-27(33(17)16-18-8-4-2-5-9-18)31-25(32-34)19-10-6-3-7-11-19/h2-14H,15-16H2,1H3,(H,30,35). The number of amides is 1. The summed E-state index contributed by atoms with van der Waals surface area (Å²) >= 11 is 0. The SMILES string of the molecule is Cc1c(CC(=O)Nc2ccc(F)cc2F)c(=O)n2nc(-c3ccccc3)nc2n1Cc1ccccc1. The molecule has 5 aromatic rings. The molecule has 2 aromatic heterocycles. The van der Waals surface area contributed by atoms with Gasteiger partial charge in [0.15, 0.2) is 5.82 Å². The van der Waals surface area contributed by atoms with Crippen LogP contribution in [0.5, 0.6) is 0 Å². The summed E-state index contributed by atoms with van der Waals surface area (Å²) in [4.78, 5) is 30.9. The molecule has 2 heterocycles. The van der Waals surface area contributed by atoms with Crippen LogP contribution in [0.4, 0.5) is 14.5 Å². The number of fused-ring (bicyclic) bond motifs is 1. The quantitative estimate of drug-likeness (QED) is 0.387. The van der Waals surface area contributed by atoms with Crippen LogP contribution in [0.2, 0.25) is 0 Å². The van der Waals surface area contributed by atoms with Crippen LogP contribution < -0.4 is 10.9 Å². The summed E-state index contributed by atoms with van der Waals surface area (Å²) in [6.07, 6.45) is -0.327. The third-order valence-electron chi connectivity index (χ3n) is 5.88. The van der Waals surface area contributed by atoms with Crippen LogP contribution in [0.25, 0.3) is 17.2 Å². The Bertz CT molecular complexity index is 1630. The summed E-state index contributed by atoms with van der Waals surface area (Å²) in [5.74, 6) is -1.55. The summed E-state index contributed by atoms with van der Waals surface area (Å²) in [5, 5.41) is 6.86. The van der Waals surface area contributed by atoms with Gasteiger partial charge in [-0.05, 0) is 24.6 Å². The van der Waals surface area contributed by atoms with E-state index in [-0.39, 0.29) is 17.7 Å². The van der Waals surface area contributed by atoms with Crippen LogP contribution in [0.1, 0.15) is 16.8 Å². The van der Waals surface area contributed by atoms with Crippen molar-refractivity contribution in [2.75, 3.05) is 5.32 Å². The van der Waals surface area contributed by atoms with Crippen LogP contribution in [0.15, 0.2) is 83.7 Å². The number of rotatable bonds is 6. The van der Waals surface area contributed by atoms with Crippen molar-refractivity contribution >= 4 is 17.4 Å². The number of hydrogen-bond acceptors (Lipinski definition) is 4. The number of nitrogens with one attached hydrogen (secondary N) is 1. The number of benzene rings is 3. The molecule has 0 saturated heterocycles. The molecule has 3 aromatic carbocycles. The zero-order valence-corrected chi connectivity index (χ0v) is 19.3. The zero-order valence-electron chi connectivity index (χ0n) is 19.3. The maximum absolute atomic E-state index is 14.0. The molecule has 9 heteroatoms. The Kier molecular flexibility index (Phi) is 6.12. The predicted octanol–water partition coefficient (Wildman–Crippen LogP) is 4.37. The van der Waals surface area contributed by atoms with Crippen molar-refractivity contribution in [2.45, 2.75) is 19.9 Å². The molecule has 0 fully saturated rings.